The third kappa shape index (κ3) is 4.33. The van der Waals surface area contributed by atoms with E-state index in [2.05, 4.69) is 5.32 Å². The molecule has 0 unspecified atom stereocenters. The molecule has 1 heterocycles. The number of hydrogen-bond donors (Lipinski definition) is 1. The van der Waals surface area contributed by atoms with Gasteiger partial charge in [-0.05, 0) is 42.8 Å². The molecule has 0 saturated carbocycles. The SMILES string of the molecule is CCCOc1c(C(=O)Nc2ccc(C(=O)OC)cc2OC)sc2ccc(OC)cc12. The fourth-order valence-corrected chi connectivity index (χ4v) is 3.92. The van der Waals surface area contributed by atoms with Crippen LogP contribution in [0, 0.1) is 0 Å². The number of methoxy groups -OCH3 is 3. The molecule has 2 aromatic carbocycles. The van der Waals surface area contributed by atoms with Crippen LogP contribution in [0.2, 0.25) is 0 Å². The van der Waals surface area contributed by atoms with Gasteiger partial charge in [-0.25, -0.2) is 4.79 Å². The molecule has 0 aliphatic carbocycles. The van der Waals surface area contributed by atoms with Gasteiger partial charge in [0.2, 0.25) is 0 Å². The number of esters is 1. The van der Waals surface area contributed by atoms with Gasteiger partial charge in [0.05, 0.1) is 39.2 Å². The molecule has 1 aromatic heterocycles. The summed E-state index contributed by atoms with van der Waals surface area (Å²) >= 11 is 1.34. The van der Waals surface area contributed by atoms with Gasteiger partial charge in [-0.15, -0.1) is 11.3 Å². The lowest BCUT2D eigenvalue weighted by Gasteiger charge is -2.12. The zero-order valence-corrected chi connectivity index (χ0v) is 18.1. The van der Waals surface area contributed by atoms with E-state index in [4.69, 9.17) is 18.9 Å². The molecule has 0 aliphatic heterocycles. The maximum Gasteiger partial charge on any atom is 0.337 e. The number of hydrogen-bond acceptors (Lipinski definition) is 7. The highest BCUT2D eigenvalue weighted by Crippen LogP contribution is 2.40. The third-order valence-electron chi connectivity index (χ3n) is 4.38. The molecular formula is C22H23NO6S. The molecule has 0 atom stereocenters. The van der Waals surface area contributed by atoms with Crippen molar-refractivity contribution in [1.82, 2.24) is 0 Å². The number of rotatable bonds is 8. The Hall–Kier alpha value is -3.26. The minimum Gasteiger partial charge on any atom is -0.497 e. The number of carbonyl (C=O) groups is 2. The Labute approximate surface area is 178 Å². The largest absolute Gasteiger partial charge is 0.497 e. The van der Waals surface area contributed by atoms with Gasteiger partial charge in [0.1, 0.15) is 16.4 Å². The molecule has 8 heteroatoms. The second kappa shape index (κ2) is 9.49. The Kier molecular flexibility index (Phi) is 6.79. The van der Waals surface area contributed by atoms with Crippen molar-refractivity contribution < 1.29 is 28.5 Å². The number of ether oxygens (including phenoxy) is 4. The molecule has 0 radical (unpaired) electrons. The molecule has 158 valence electrons. The van der Waals surface area contributed by atoms with Crippen molar-refractivity contribution in [3.8, 4) is 17.2 Å². The molecule has 0 spiro atoms. The van der Waals surface area contributed by atoms with E-state index in [1.165, 1.54) is 31.6 Å². The van der Waals surface area contributed by atoms with Gasteiger partial charge in [-0.1, -0.05) is 6.92 Å². The molecular weight excluding hydrogens is 406 g/mol. The average Bonchev–Trinajstić information content (AvgIpc) is 3.14. The molecule has 1 N–H and O–H groups in total. The molecule has 0 aliphatic rings. The Bertz CT molecular complexity index is 1070. The number of carbonyl (C=O) groups excluding carboxylic acids is 2. The van der Waals surface area contributed by atoms with Crippen molar-refractivity contribution in [2.75, 3.05) is 33.3 Å². The van der Waals surface area contributed by atoms with Gasteiger partial charge in [-0.3, -0.25) is 4.79 Å². The summed E-state index contributed by atoms with van der Waals surface area (Å²) < 4.78 is 22.2. The van der Waals surface area contributed by atoms with Gasteiger partial charge in [0, 0.05) is 10.1 Å². The Morgan fingerprint density at radius 2 is 1.83 bits per heavy atom. The highest BCUT2D eigenvalue weighted by atomic mass is 32.1. The lowest BCUT2D eigenvalue weighted by atomic mass is 10.2. The Morgan fingerprint density at radius 1 is 1.03 bits per heavy atom. The summed E-state index contributed by atoms with van der Waals surface area (Å²) in [6.07, 6.45) is 0.811. The number of amides is 1. The summed E-state index contributed by atoms with van der Waals surface area (Å²) in [5.41, 5.74) is 0.764. The van der Waals surface area contributed by atoms with Gasteiger partial charge in [0.25, 0.3) is 5.91 Å². The molecule has 0 bridgehead atoms. The summed E-state index contributed by atoms with van der Waals surface area (Å²) in [5, 5.41) is 3.68. The van der Waals surface area contributed by atoms with E-state index >= 15 is 0 Å². The second-order valence-corrected chi connectivity index (χ2v) is 7.38. The summed E-state index contributed by atoms with van der Waals surface area (Å²) in [4.78, 5) is 25.3. The van der Waals surface area contributed by atoms with Crippen LogP contribution in [0.3, 0.4) is 0 Å². The van der Waals surface area contributed by atoms with E-state index in [0.717, 1.165) is 16.5 Å². The summed E-state index contributed by atoms with van der Waals surface area (Å²) in [6, 6.07) is 10.3. The topological polar surface area (TPSA) is 83.1 Å². The van der Waals surface area contributed by atoms with Crippen molar-refractivity contribution in [1.29, 1.82) is 0 Å². The van der Waals surface area contributed by atoms with Crippen molar-refractivity contribution >= 4 is 39.0 Å². The zero-order chi connectivity index (χ0) is 21.7. The first-order valence-electron chi connectivity index (χ1n) is 9.33. The van der Waals surface area contributed by atoms with Crippen LogP contribution in [0.4, 0.5) is 5.69 Å². The Balaban J connectivity index is 1.97. The van der Waals surface area contributed by atoms with Gasteiger partial charge >= 0.3 is 5.97 Å². The van der Waals surface area contributed by atoms with Crippen LogP contribution in [0.25, 0.3) is 10.1 Å². The second-order valence-electron chi connectivity index (χ2n) is 6.33. The first-order chi connectivity index (χ1) is 14.5. The van der Waals surface area contributed by atoms with Crippen LogP contribution in [-0.2, 0) is 4.74 Å². The lowest BCUT2D eigenvalue weighted by Crippen LogP contribution is -2.13. The zero-order valence-electron chi connectivity index (χ0n) is 17.2. The molecule has 3 aromatic rings. The molecule has 0 fully saturated rings. The minimum atomic E-state index is -0.486. The average molecular weight is 429 g/mol. The number of fused-ring (bicyclic) bond motifs is 1. The van der Waals surface area contributed by atoms with E-state index in [1.807, 2.05) is 25.1 Å². The maximum atomic E-state index is 13.1. The van der Waals surface area contributed by atoms with Gasteiger partial charge < -0.3 is 24.3 Å². The first kappa shape index (κ1) is 21.4. The van der Waals surface area contributed by atoms with Gasteiger partial charge in [-0.2, -0.15) is 0 Å². The Morgan fingerprint density at radius 3 is 2.50 bits per heavy atom. The third-order valence-corrected chi connectivity index (χ3v) is 5.53. The lowest BCUT2D eigenvalue weighted by molar-refractivity contribution is 0.0600. The quantitative estimate of drug-likeness (QED) is 0.521. The number of benzene rings is 2. The van der Waals surface area contributed by atoms with Crippen LogP contribution < -0.4 is 19.5 Å². The molecule has 1 amide bonds. The monoisotopic (exact) mass is 429 g/mol. The predicted octanol–water partition coefficient (Wildman–Crippen LogP) is 4.75. The molecule has 0 saturated heterocycles. The van der Waals surface area contributed by atoms with E-state index in [0.29, 0.717) is 40.0 Å². The van der Waals surface area contributed by atoms with Gasteiger partial charge in [0.15, 0.2) is 5.75 Å². The minimum absolute atomic E-state index is 0.327. The standard InChI is InChI=1S/C22H23NO6S/c1-5-10-29-19-15-12-14(26-2)7-9-18(15)30-20(19)21(24)23-16-8-6-13(22(25)28-4)11-17(16)27-3/h6-9,11-12H,5,10H2,1-4H3,(H,23,24). The molecule has 30 heavy (non-hydrogen) atoms. The van der Waals surface area contributed by atoms with Crippen LogP contribution in [0.15, 0.2) is 36.4 Å². The van der Waals surface area contributed by atoms with Crippen molar-refractivity contribution in [2.24, 2.45) is 0 Å². The predicted molar refractivity (Wildman–Crippen MR) is 116 cm³/mol. The highest BCUT2D eigenvalue weighted by Gasteiger charge is 2.22. The number of anilines is 1. The van der Waals surface area contributed by atoms with Crippen LogP contribution in [-0.4, -0.2) is 39.8 Å². The smallest absolute Gasteiger partial charge is 0.337 e. The highest BCUT2D eigenvalue weighted by molar-refractivity contribution is 7.21. The van der Waals surface area contributed by atoms with Crippen LogP contribution in [0.5, 0.6) is 17.2 Å². The summed E-state index contributed by atoms with van der Waals surface area (Å²) in [7, 11) is 4.37. The van der Waals surface area contributed by atoms with E-state index in [-0.39, 0.29) is 5.91 Å². The van der Waals surface area contributed by atoms with Crippen molar-refractivity contribution in [3.63, 3.8) is 0 Å². The molecule has 3 rings (SSSR count). The number of thiophene rings is 1. The fourth-order valence-electron chi connectivity index (χ4n) is 2.90. The van der Waals surface area contributed by atoms with E-state index in [9.17, 15) is 9.59 Å². The van der Waals surface area contributed by atoms with Crippen LogP contribution >= 0.6 is 11.3 Å². The molecule has 7 nitrogen and oxygen atoms in total. The first-order valence-corrected chi connectivity index (χ1v) is 10.1. The normalized spacial score (nSPS) is 10.5. The van der Waals surface area contributed by atoms with E-state index in [1.54, 1.807) is 19.2 Å². The maximum absolute atomic E-state index is 13.1. The fraction of sp³-hybridized carbons (Fsp3) is 0.273. The summed E-state index contributed by atoms with van der Waals surface area (Å²) in [5.74, 6) is 0.752. The summed E-state index contributed by atoms with van der Waals surface area (Å²) in [6.45, 7) is 2.49. The van der Waals surface area contributed by atoms with E-state index < -0.39 is 5.97 Å². The van der Waals surface area contributed by atoms with Crippen molar-refractivity contribution in [2.45, 2.75) is 13.3 Å². The number of nitrogens with one attached hydrogen (secondary N) is 1. The van der Waals surface area contributed by atoms with Crippen molar-refractivity contribution in [3.05, 3.63) is 46.8 Å². The van der Waals surface area contributed by atoms with Crippen LogP contribution in [0.1, 0.15) is 33.4 Å².